The highest BCUT2D eigenvalue weighted by Gasteiger charge is 2.19. The molecular weight excluding hydrogens is 264 g/mol. The molecule has 1 atom stereocenters. The van der Waals surface area contributed by atoms with Gasteiger partial charge >= 0.3 is 11.7 Å². The molecule has 108 valence electrons. The van der Waals surface area contributed by atoms with Crippen molar-refractivity contribution in [3.8, 4) is 5.75 Å². The zero-order valence-corrected chi connectivity index (χ0v) is 11.0. The normalized spacial score (nSPS) is 11.4. The lowest BCUT2D eigenvalue weighted by atomic mass is 10.2. The number of hydrogen-bond acceptors (Lipinski definition) is 5. The summed E-state index contributed by atoms with van der Waals surface area (Å²) in [4.78, 5) is 21.3. The van der Waals surface area contributed by atoms with Crippen LogP contribution in [-0.4, -0.2) is 28.6 Å². The number of carboxylic acid groups (broad SMARTS) is 1. The molecule has 0 saturated heterocycles. The van der Waals surface area contributed by atoms with Gasteiger partial charge in [-0.25, -0.2) is 4.79 Å². The molecule has 1 aromatic rings. The van der Waals surface area contributed by atoms with Gasteiger partial charge in [0.15, 0.2) is 5.75 Å². The first-order valence-corrected chi connectivity index (χ1v) is 6.01. The minimum atomic E-state index is -1.03. The van der Waals surface area contributed by atoms with Crippen molar-refractivity contribution in [2.45, 2.75) is 19.4 Å². The molecule has 0 saturated carbocycles. The molecule has 7 heteroatoms. The lowest BCUT2D eigenvalue weighted by Crippen LogP contribution is -2.28. The van der Waals surface area contributed by atoms with Gasteiger partial charge in [0.25, 0.3) is 0 Å². The van der Waals surface area contributed by atoms with Crippen LogP contribution in [0, 0.1) is 10.1 Å². The highest BCUT2D eigenvalue weighted by Crippen LogP contribution is 2.30. The number of aliphatic carboxylic acids is 1. The van der Waals surface area contributed by atoms with Gasteiger partial charge in [-0.1, -0.05) is 6.08 Å². The van der Waals surface area contributed by atoms with Gasteiger partial charge in [-0.05, 0) is 19.4 Å². The Labute approximate surface area is 116 Å². The van der Waals surface area contributed by atoms with Gasteiger partial charge in [0.2, 0.25) is 0 Å². The smallest absolute Gasteiger partial charge is 0.326 e. The molecule has 0 radical (unpaired) electrons. The molecule has 0 aliphatic carbocycles. The molecule has 1 aromatic carbocycles. The Balaban J connectivity index is 3.01. The van der Waals surface area contributed by atoms with E-state index in [0.29, 0.717) is 5.69 Å². The van der Waals surface area contributed by atoms with Crippen LogP contribution >= 0.6 is 0 Å². The summed E-state index contributed by atoms with van der Waals surface area (Å²) >= 11 is 0. The highest BCUT2D eigenvalue weighted by atomic mass is 16.6. The zero-order valence-electron chi connectivity index (χ0n) is 11.0. The second kappa shape index (κ2) is 7.13. The Morgan fingerprint density at radius 3 is 2.85 bits per heavy atom. The number of hydrogen-bond donors (Lipinski definition) is 2. The molecular formula is C13H16N2O5. The van der Waals surface area contributed by atoms with Gasteiger partial charge in [0.05, 0.1) is 11.5 Å². The van der Waals surface area contributed by atoms with E-state index >= 15 is 0 Å². The first-order chi connectivity index (χ1) is 9.49. The summed E-state index contributed by atoms with van der Waals surface area (Å²) in [6.07, 6.45) is 1.72. The fraction of sp³-hybridized carbons (Fsp3) is 0.308. The second-order valence-electron chi connectivity index (χ2n) is 3.93. The highest BCUT2D eigenvalue weighted by molar-refractivity contribution is 5.78. The van der Waals surface area contributed by atoms with Gasteiger partial charge in [-0.3, -0.25) is 10.1 Å². The summed E-state index contributed by atoms with van der Waals surface area (Å²) in [6, 6.07) is 3.30. The van der Waals surface area contributed by atoms with Crippen molar-refractivity contribution >= 4 is 17.3 Å². The van der Waals surface area contributed by atoms with E-state index in [-0.39, 0.29) is 24.5 Å². The van der Waals surface area contributed by atoms with Crippen molar-refractivity contribution in [1.82, 2.24) is 0 Å². The number of carbonyl (C=O) groups is 1. The molecule has 1 rings (SSSR count). The summed E-state index contributed by atoms with van der Waals surface area (Å²) in [7, 11) is 0. The fourth-order valence-electron chi connectivity index (χ4n) is 1.62. The Hall–Kier alpha value is -2.57. The van der Waals surface area contributed by atoms with E-state index in [1.54, 1.807) is 6.92 Å². The van der Waals surface area contributed by atoms with Crippen LogP contribution in [-0.2, 0) is 4.79 Å². The van der Waals surface area contributed by atoms with Crippen LogP contribution in [0.3, 0.4) is 0 Å². The average molecular weight is 280 g/mol. The van der Waals surface area contributed by atoms with Crippen LogP contribution in [0.5, 0.6) is 5.75 Å². The van der Waals surface area contributed by atoms with Crippen molar-refractivity contribution in [2.24, 2.45) is 0 Å². The van der Waals surface area contributed by atoms with Crippen molar-refractivity contribution in [2.75, 3.05) is 11.9 Å². The second-order valence-corrected chi connectivity index (χ2v) is 3.93. The molecule has 2 N–H and O–H groups in total. The Kier molecular flexibility index (Phi) is 5.52. The molecule has 0 heterocycles. The number of rotatable bonds is 8. The van der Waals surface area contributed by atoms with Crippen molar-refractivity contribution < 1.29 is 19.6 Å². The van der Waals surface area contributed by atoms with E-state index in [1.165, 1.54) is 24.3 Å². The molecule has 0 aliphatic rings. The predicted octanol–water partition coefficient (Wildman–Crippen LogP) is 2.43. The minimum absolute atomic E-state index is 0.102. The van der Waals surface area contributed by atoms with Gasteiger partial charge in [0.1, 0.15) is 6.04 Å². The van der Waals surface area contributed by atoms with Crippen LogP contribution in [0.2, 0.25) is 0 Å². The zero-order chi connectivity index (χ0) is 15.1. The molecule has 0 spiro atoms. The summed E-state index contributed by atoms with van der Waals surface area (Å²) in [5.74, 6) is -0.925. The lowest BCUT2D eigenvalue weighted by Gasteiger charge is -2.14. The molecule has 0 aliphatic heterocycles. The van der Waals surface area contributed by atoms with E-state index in [2.05, 4.69) is 11.9 Å². The van der Waals surface area contributed by atoms with Crippen LogP contribution in [0.1, 0.15) is 13.3 Å². The monoisotopic (exact) mass is 280 g/mol. The van der Waals surface area contributed by atoms with Crippen molar-refractivity contribution in [3.63, 3.8) is 0 Å². The van der Waals surface area contributed by atoms with Crippen LogP contribution < -0.4 is 10.1 Å². The Morgan fingerprint density at radius 1 is 1.65 bits per heavy atom. The molecule has 1 unspecified atom stereocenters. The maximum absolute atomic E-state index is 11.0. The van der Waals surface area contributed by atoms with Gasteiger partial charge in [-0.2, -0.15) is 0 Å². The summed E-state index contributed by atoms with van der Waals surface area (Å²) < 4.78 is 5.19. The molecule has 0 aromatic heterocycles. The molecule has 0 bridgehead atoms. The first kappa shape index (κ1) is 15.5. The molecule has 0 amide bonds. The number of nitrogens with one attached hydrogen (secondary N) is 1. The van der Waals surface area contributed by atoms with Gasteiger partial charge in [-0.15, -0.1) is 6.58 Å². The number of nitrogens with zero attached hydrogens (tertiary/aromatic N) is 1. The SMILES string of the molecule is C=CCC(Nc1ccc([N+](=O)[O-])c(OCC)c1)C(=O)O. The van der Waals surface area contributed by atoms with Crippen LogP contribution in [0.4, 0.5) is 11.4 Å². The first-order valence-electron chi connectivity index (χ1n) is 6.01. The van der Waals surface area contributed by atoms with Crippen LogP contribution in [0.15, 0.2) is 30.9 Å². The van der Waals surface area contributed by atoms with E-state index in [0.717, 1.165) is 0 Å². The number of anilines is 1. The lowest BCUT2D eigenvalue weighted by molar-refractivity contribution is -0.385. The Morgan fingerprint density at radius 2 is 2.35 bits per heavy atom. The third-order valence-corrected chi connectivity index (χ3v) is 2.50. The average Bonchev–Trinajstić information content (AvgIpc) is 2.38. The predicted molar refractivity (Wildman–Crippen MR) is 74.1 cm³/mol. The van der Waals surface area contributed by atoms with Gasteiger partial charge < -0.3 is 15.2 Å². The third-order valence-electron chi connectivity index (χ3n) is 2.50. The maximum Gasteiger partial charge on any atom is 0.326 e. The topological polar surface area (TPSA) is 102 Å². The summed E-state index contributed by atoms with van der Waals surface area (Å²) in [5, 5.41) is 22.6. The minimum Gasteiger partial charge on any atom is -0.487 e. The van der Waals surface area contributed by atoms with Crippen LogP contribution in [0.25, 0.3) is 0 Å². The number of nitro groups is 1. The maximum atomic E-state index is 11.0. The molecule has 0 fully saturated rings. The van der Waals surface area contributed by atoms with E-state index < -0.39 is 16.9 Å². The third kappa shape index (κ3) is 3.98. The fourth-order valence-corrected chi connectivity index (χ4v) is 1.62. The number of nitro benzene ring substituents is 1. The van der Waals surface area contributed by atoms with Crippen molar-refractivity contribution in [3.05, 3.63) is 41.0 Å². The number of ether oxygens (including phenoxy) is 1. The standard InChI is InChI=1S/C13H16N2O5/c1-3-5-10(13(16)17)14-9-6-7-11(15(18)19)12(8-9)20-4-2/h3,6-8,10,14H,1,4-5H2,2H3,(H,16,17). The largest absolute Gasteiger partial charge is 0.487 e. The summed E-state index contributed by atoms with van der Waals surface area (Å²) in [5.41, 5.74) is 0.279. The van der Waals surface area contributed by atoms with E-state index in [9.17, 15) is 14.9 Å². The van der Waals surface area contributed by atoms with Gasteiger partial charge in [0, 0.05) is 17.8 Å². The Bertz CT molecular complexity index is 515. The molecule has 20 heavy (non-hydrogen) atoms. The quantitative estimate of drug-likeness (QED) is 0.431. The van der Waals surface area contributed by atoms with E-state index in [1.807, 2.05) is 0 Å². The molecule has 7 nitrogen and oxygen atoms in total. The summed E-state index contributed by atoms with van der Waals surface area (Å²) in [6.45, 7) is 5.48. The number of carboxylic acids is 1. The van der Waals surface area contributed by atoms with E-state index in [4.69, 9.17) is 9.84 Å². The number of benzene rings is 1. The van der Waals surface area contributed by atoms with Crippen molar-refractivity contribution in [1.29, 1.82) is 0 Å².